The molecule has 0 aromatic heterocycles. The fraction of sp³-hybridized carbons (Fsp3) is 0.632. The number of hydrogen-bond acceptors (Lipinski definition) is 6. The molecule has 0 unspecified atom stereocenters. The van der Waals surface area contributed by atoms with Crippen molar-refractivity contribution >= 4 is 25.8 Å². The van der Waals surface area contributed by atoms with E-state index in [9.17, 15) is 21.6 Å². The summed E-state index contributed by atoms with van der Waals surface area (Å²) in [5, 5.41) is 0. The van der Waals surface area contributed by atoms with E-state index in [0.29, 0.717) is 38.3 Å². The molecule has 1 heterocycles. The first-order chi connectivity index (χ1) is 13.6. The summed E-state index contributed by atoms with van der Waals surface area (Å²) in [6, 6.07) is 6.15. The molecule has 1 aromatic rings. The molecule has 2 fully saturated rings. The van der Waals surface area contributed by atoms with Gasteiger partial charge >= 0.3 is 0 Å². The number of nitrogens with one attached hydrogen (secondary N) is 1. The first-order valence-electron chi connectivity index (χ1n) is 9.96. The van der Waals surface area contributed by atoms with Crippen molar-refractivity contribution in [2.75, 3.05) is 44.7 Å². The van der Waals surface area contributed by atoms with E-state index in [0.717, 1.165) is 25.7 Å². The Morgan fingerprint density at radius 1 is 1.07 bits per heavy atom. The van der Waals surface area contributed by atoms with Crippen molar-refractivity contribution in [3.8, 4) is 0 Å². The first-order valence-corrected chi connectivity index (χ1v) is 13.5. The predicted molar refractivity (Wildman–Crippen MR) is 111 cm³/mol. The second-order valence-electron chi connectivity index (χ2n) is 7.89. The van der Waals surface area contributed by atoms with Gasteiger partial charge in [-0.1, -0.05) is 18.9 Å². The lowest BCUT2D eigenvalue weighted by molar-refractivity contribution is 0.0644. The summed E-state index contributed by atoms with van der Waals surface area (Å²) in [7, 11) is -6.66. The van der Waals surface area contributed by atoms with Crippen LogP contribution in [0.15, 0.2) is 29.2 Å². The van der Waals surface area contributed by atoms with E-state index in [1.807, 2.05) is 4.90 Å². The third kappa shape index (κ3) is 6.24. The Morgan fingerprint density at radius 2 is 1.72 bits per heavy atom. The predicted octanol–water partition coefficient (Wildman–Crippen LogP) is 0.710. The molecule has 1 N–H and O–H groups in total. The summed E-state index contributed by atoms with van der Waals surface area (Å²) in [6.07, 6.45) is 4.97. The van der Waals surface area contributed by atoms with Gasteiger partial charge in [-0.05, 0) is 31.0 Å². The molecule has 162 valence electrons. The summed E-state index contributed by atoms with van der Waals surface area (Å²) in [5.74, 6) is -0.0971. The van der Waals surface area contributed by atoms with E-state index >= 15 is 0 Å². The second kappa shape index (κ2) is 9.11. The van der Waals surface area contributed by atoms with E-state index in [4.69, 9.17) is 0 Å². The van der Waals surface area contributed by atoms with Gasteiger partial charge in [-0.2, -0.15) is 0 Å². The third-order valence-corrected chi connectivity index (χ3v) is 7.95. The number of rotatable bonds is 7. The van der Waals surface area contributed by atoms with Crippen LogP contribution >= 0.6 is 0 Å². The Labute approximate surface area is 173 Å². The molecule has 1 aliphatic carbocycles. The lowest BCUT2D eigenvalue weighted by atomic mass is 10.2. The number of piperazine rings is 1. The lowest BCUT2D eigenvalue weighted by Gasteiger charge is -2.34. The topological polar surface area (TPSA) is 104 Å². The van der Waals surface area contributed by atoms with Crippen LogP contribution in [-0.4, -0.2) is 83.3 Å². The zero-order chi connectivity index (χ0) is 21.1. The smallest absolute Gasteiger partial charge is 0.253 e. The molecule has 1 amide bonds. The van der Waals surface area contributed by atoms with E-state index in [1.165, 1.54) is 18.4 Å². The molecule has 10 heteroatoms. The van der Waals surface area contributed by atoms with Crippen LogP contribution in [0.3, 0.4) is 0 Å². The minimum absolute atomic E-state index is 0.0284. The van der Waals surface area contributed by atoms with Crippen LogP contribution in [0.25, 0.3) is 0 Å². The highest BCUT2D eigenvalue weighted by molar-refractivity contribution is 7.90. The van der Waals surface area contributed by atoms with Crippen molar-refractivity contribution in [3.05, 3.63) is 29.8 Å². The molecule has 2 aliphatic rings. The molecule has 0 bridgehead atoms. The highest BCUT2D eigenvalue weighted by Gasteiger charge is 2.26. The fourth-order valence-electron chi connectivity index (χ4n) is 3.78. The van der Waals surface area contributed by atoms with Crippen LogP contribution in [-0.2, 0) is 19.9 Å². The van der Waals surface area contributed by atoms with Crippen LogP contribution in [0.5, 0.6) is 0 Å². The average molecular weight is 444 g/mol. The van der Waals surface area contributed by atoms with E-state index in [-0.39, 0.29) is 22.6 Å². The first kappa shape index (κ1) is 22.2. The summed E-state index contributed by atoms with van der Waals surface area (Å²) >= 11 is 0. The molecule has 1 aliphatic heterocycles. The van der Waals surface area contributed by atoms with Crippen molar-refractivity contribution in [2.24, 2.45) is 0 Å². The van der Waals surface area contributed by atoms with Gasteiger partial charge in [0.25, 0.3) is 5.91 Å². The summed E-state index contributed by atoms with van der Waals surface area (Å²) < 4.78 is 50.6. The van der Waals surface area contributed by atoms with E-state index < -0.39 is 19.9 Å². The Morgan fingerprint density at radius 3 is 2.34 bits per heavy atom. The zero-order valence-electron chi connectivity index (χ0n) is 16.7. The number of carbonyl (C=O) groups excluding carboxylic acids is 1. The van der Waals surface area contributed by atoms with Gasteiger partial charge in [0.15, 0.2) is 0 Å². The summed E-state index contributed by atoms with van der Waals surface area (Å²) in [4.78, 5) is 16.7. The van der Waals surface area contributed by atoms with E-state index in [2.05, 4.69) is 4.72 Å². The number of nitrogens with zero attached hydrogens (tertiary/aromatic N) is 2. The van der Waals surface area contributed by atoms with Gasteiger partial charge in [-0.15, -0.1) is 0 Å². The highest BCUT2D eigenvalue weighted by Crippen LogP contribution is 2.21. The van der Waals surface area contributed by atoms with Crippen LogP contribution < -0.4 is 4.72 Å². The van der Waals surface area contributed by atoms with Gasteiger partial charge in [0.1, 0.15) is 9.84 Å². The second-order valence-corrected chi connectivity index (χ2v) is 11.9. The number of sulfone groups is 1. The number of carbonyl (C=O) groups is 1. The molecule has 3 rings (SSSR count). The van der Waals surface area contributed by atoms with Gasteiger partial charge in [-0.25, -0.2) is 21.6 Å². The quantitative estimate of drug-likeness (QED) is 0.666. The number of hydrogen-bond donors (Lipinski definition) is 1. The average Bonchev–Trinajstić information content (AvgIpc) is 3.18. The van der Waals surface area contributed by atoms with Gasteiger partial charge in [0.2, 0.25) is 10.0 Å². The maximum absolute atomic E-state index is 12.8. The largest absolute Gasteiger partial charge is 0.336 e. The molecule has 0 spiro atoms. The molecule has 1 saturated heterocycles. The SMILES string of the molecule is CS(=O)(=O)CCN1CCN(C(=O)c2cccc(S(=O)(=O)NC3CCCC3)c2)CC1. The normalized spacial score (nSPS) is 19.6. The van der Waals surface area contributed by atoms with Gasteiger partial charge < -0.3 is 4.90 Å². The maximum Gasteiger partial charge on any atom is 0.253 e. The molecular formula is C19H29N3O5S2. The highest BCUT2D eigenvalue weighted by atomic mass is 32.2. The molecule has 0 radical (unpaired) electrons. The lowest BCUT2D eigenvalue weighted by Crippen LogP contribution is -2.49. The molecule has 8 nitrogen and oxygen atoms in total. The number of benzene rings is 1. The Balaban J connectivity index is 1.61. The van der Waals surface area contributed by atoms with Crippen molar-refractivity contribution in [1.82, 2.24) is 14.5 Å². The van der Waals surface area contributed by atoms with Crippen molar-refractivity contribution in [3.63, 3.8) is 0 Å². The minimum Gasteiger partial charge on any atom is -0.336 e. The Hall–Kier alpha value is -1.49. The maximum atomic E-state index is 12.8. The number of amides is 1. The van der Waals surface area contributed by atoms with Crippen molar-refractivity contribution < 1.29 is 21.6 Å². The Kier molecular flexibility index (Phi) is 6.98. The van der Waals surface area contributed by atoms with Gasteiger partial charge in [0, 0.05) is 50.6 Å². The molecule has 1 saturated carbocycles. The number of sulfonamides is 1. The van der Waals surface area contributed by atoms with Crippen LogP contribution in [0, 0.1) is 0 Å². The minimum atomic E-state index is -3.65. The summed E-state index contributed by atoms with van der Waals surface area (Å²) in [5.41, 5.74) is 0.351. The van der Waals surface area contributed by atoms with Crippen molar-refractivity contribution in [1.29, 1.82) is 0 Å². The molecule has 0 atom stereocenters. The monoisotopic (exact) mass is 443 g/mol. The molecular weight excluding hydrogens is 414 g/mol. The van der Waals surface area contributed by atoms with Gasteiger partial charge in [0.05, 0.1) is 10.6 Å². The van der Waals surface area contributed by atoms with Crippen molar-refractivity contribution in [2.45, 2.75) is 36.6 Å². The standard InChI is InChI=1S/C19H29N3O5S2/c1-28(24,25)14-13-21-9-11-22(12-10-21)19(23)16-5-4-8-18(15-16)29(26,27)20-17-6-2-3-7-17/h4-5,8,15,17,20H,2-3,6-7,9-14H2,1H3. The van der Waals surface area contributed by atoms with E-state index in [1.54, 1.807) is 17.0 Å². The van der Waals surface area contributed by atoms with Crippen LogP contribution in [0.1, 0.15) is 36.0 Å². The molecule has 1 aromatic carbocycles. The Bertz CT molecular complexity index is 932. The summed E-state index contributed by atoms with van der Waals surface area (Å²) in [6.45, 7) is 2.63. The van der Waals surface area contributed by atoms with Crippen LogP contribution in [0.4, 0.5) is 0 Å². The molecule has 29 heavy (non-hydrogen) atoms. The third-order valence-electron chi connectivity index (χ3n) is 5.51. The fourth-order valence-corrected chi connectivity index (χ4v) is 5.72. The van der Waals surface area contributed by atoms with Gasteiger partial charge in [-0.3, -0.25) is 9.69 Å². The van der Waals surface area contributed by atoms with Crippen LogP contribution in [0.2, 0.25) is 0 Å². The zero-order valence-corrected chi connectivity index (χ0v) is 18.3.